The molecule has 2 aromatic heterocycles. The highest BCUT2D eigenvalue weighted by Gasteiger charge is 2.17. The van der Waals surface area contributed by atoms with Crippen molar-refractivity contribution in [3.8, 4) is 17.2 Å². The zero-order chi connectivity index (χ0) is 20.5. The summed E-state index contributed by atoms with van der Waals surface area (Å²) in [6.45, 7) is 0.102. The van der Waals surface area contributed by atoms with E-state index in [1.807, 2.05) is 12.1 Å². The lowest BCUT2D eigenvalue weighted by atomic mass is 10.1. The van der Waals surface area contributed by atoms with E-state index < -0.39 is 0 Å². The molecular formula is C19H16ClN5O3S. The molecule has 1 N–H and O–H groups in total. The van der Waals surface area contributed by atoms with Gasteiger partial charge in [-0.05, 0) is 48.6 Å². The molecule has 4 rings (SSSR count). The number of aromatic amines is 1. The number of aromatic nitrogens is 5. The summed E-state index contributed by atoms with van der Waals surface area (Å²) in [5.41, 5.74) is 0.450. The maximum absolute atomic E-state index is 13.2. The highest BCUT2D eigenvalue weighted by molar-refractivity contribution is 7.71. The maximum Gasteiger partial charge on any atom is 0.278 e. The van der Waals surface area contributed by atoms with Crippen LogP contribution >= 0.6 is 23.8 Å². The minimum atomic E-state index is -0.324. The normalized spacial score (nSPS) is 11.0. The van der Waals surface area contributed by atoms with E-state index >= 15 is 0 Å². The highest BCUT2D eigenvalue weighted by Crippen LogP contribution is 2.32. The summed E-state index contributed by atoms with van der Waals surface area (Å²) in [5, 5.41) is 13.0. The van der Waals surface area contributed by atoms with E-state index in [2.05, 4.69) is 15.3 Å². The number of hydrogen-bond acceptors (Lipinski definition) is 6. The lowest BCUT2D eigenvalue weighted by molar-refractivity contribution is 0.358. The van der Waals surface area contributed by atoms with Gasteiger partial charge in [-0.2, -0.15) is 10.2 Å². The van der Waals surface area contributed by atoms with Gasteiger partial charge in [0, 0.05) is 16.1 Å². The molecule has 0 unspecified atom stereocenters. The Bertz CT molecular complexity index is 1310. The van der Waals surface area contributed by atoms with E-state index in [1.165, 1.54) is 18.9 Å². The van der Waals surface area contributed by atoms with E-state index in [1.54, 1.807) is 35.0 Å². The van der Waals surface area contributed by atoms with Crippen molar-refractivity contribution in [2.75, 3.05) is 14.2 Å². The molecule has 2 heterocycles. The Morgan fingerprint density at radius 2 is 1.90 bits per heavy atom. The van der Waals surface area contributed by atoms with Crippen LogP contribution in [-0.4, -0.2) is 38.8 Å². The summed E-state index contributed by atoms with van der Waals surface area (Å²) in [5.74, 6) is 1.36. The molecule has 4 aromatic rings. The van der Waals surface area contributed by atoms with Crippen LogP contribution in [0.3, 0.4) is 0 Å². The fraction of sp³-hybridized carbons (Fsp3) is 0.158. The molecule has 2 aromatic carbocycles. The second kappa shape index (κ2) is 7.69. The average Bonchev–Trinajstić information content (AvgIpc) is 3.10. The number of nitrogens with one attached hydrogen (secondary N) is 1. The predicted octanol–water partition coefficient (Wildman–Crippen LogP) is 3.36. The number of ether oxygens (including phenoxy) is 2. The van der Waals surface area contributed by atoms with Crippen LogP contribution in [0.5, 0.6) is 11.5 Å². The molecule has 0 aliphatic carbocycles. The fourth-order valence-electron chi connectivity index (χ4n) is 3.12. The molecule has 0 bridgehead atoms. The van der Waals surface area contributed by atoms with Gasteiger partial charge in [-0.25, -0.2) is 4.68 Å². The molecule has 0 spiro atoms. The summed E-state index contributed by atoms with van der Waals surface area (Å²) in [6.07, 6.45) is 1.60. The summed E-state index contributed by atoms with van der Waals surface area (Å²) < 4.78 is 14.2. The van der Waals surface area contributed by atoms with Crippen LogP contribution < -0.4 is 15.0 Å². The standard InChI is InChI=1S/C19H16ClN5O3S/c1-27-14-8-3-11-9-21-24(18(26)16(11)17(14)28-2)10-15-22-23-19(29)25(15)13-6-4-12(20)5-7-13/h3-9H,10H2,1-2H3,(H,23,29). The van der Waals surface area contributed by atoms with Crippen molar-refractivity contribution in [3.05, 3.63) is 68.6 Å². The second-order valence-corrected chi connectivity index (χ2v) is 6.95. The number of hydrogen-bond donors (Lipinski definition) is 1. The van der Waals surface area contributed by atoms with Crippen molar-refractivity contribution in [3.63, 3.8) is 0 Å². The molecule has 0 saturated heterocycles. The van der Waals surface area contributed by atoms with Crippen molar-refractivity contribution in [2.24, 2.45) is 0 Å². The van der Waals surface area contributed by atoms with Gasteiger partial charge in [0.15, 0.2) is 22.1 Å². The zero-order valence-corrected chi connectivity index (χ0v) is 17.1. The van der Waals surface area contributed by atoms with Crippen LogP contribution in [0, 0.1) is 4.77 Å². The minimum Gasteiger partial charge on any atom is -0.493 e. The first-order chi connectivity index (χ1) is 14.0. The molecule has 148 valence electrons. The van der Waals surface area contributed by atoms with Gasteiger partial charge in [0.05, 0.1) is 25.8 Å². The molecule has 0 fully saturated rings. The third-order valence-electron chi connectivity index (χ3n) is 4.48. The van der Waals surface area contributed by atoms with E-state index in [9.17, 15) is 4.79 Å². The third-order valence-corrected chi connectivity index (χ3v) is 5.01. The topological polar surface area (TPSA) is 87.0 Å². The number of benzene rings is 2. The number of fused-ring (bicyclic) bond motifs is 1. The summed E-state index contributed by atoms with van der Waals surface area (Å²) >= 11 is 11.3. The molecule has 0 amide bonds. The van der Waals surface area contributed by atoms with Crippen molar-refractivity contribution in [2.45, 2.75) is 6.54 Å². The molecule has 10 heteroatoms. The van der Waals surface area contributed by atoms with Gasteiger partial charge >= 0.3 is 0 Å². The molecule has 0 saturated carbocycles. The SMILES string of the molecule is COc1ccc2cnn(Cc3n[nH]c(=S)n3-c3ccc(Cl)cc3)c(=O)c2c1OC. The Kier molecular flexibility index (Phi) is 5.08. The van der Waals surface area contributed by atoms with Gasteiger partial charge in [-0.3, -0.25) is 14.5 Å². The van der Waals surface area contributed by atoms with Gasteiger partial charge in [0.2, 0.25) is 0 Å². The quantitative estimate of drug-likeness (QED) is 0.489. The highest BCUT2D eigenvalue weighted by atomic mass is 35.5. The van der Waals surface area contributed by atoms with E-state index in [-0.39, 0.29) is 12.1 Å². The Balaban J connectivity index is 1.84. The van der Waals surface area contributed by atoms with Crippen molar-refractivity contribution in [1.82, 2.24) is 24.5 Å². The summed E-state index contributed by atoms with van der Waals surface area (Å²) in [6, 6.07) is 10.7. The van der Waals surface area contributed by atoms with E-state index in [4.69, 9.17) is 33.3 Å². The number of methoxy groups -OCH3 is 2. The summed E-state index contributed by atoms with van der Waals surface area (Å²) in [7, 11) is 3.01. The van der Waals surface area contributed by atoms with Gasteiger partial charge in [-0.1, -0.05) is 11.6 Å². The summed E-state index contributed by atoms with van der Waals surface area (Å²) in [4.78, 5) is 13.2. The minimum absolute atomic E-state index is 0.102. The third kappa shape index (κ3) is 3.39. The van der Waals surface area contributed by atoms with Gasteiger partial charge in [0.25, 0.3) is 5.56 Å². The van der Waals surface area contributed by atoms with Gasteiger partial charge < -0.3 is 9.47 Å². The molecule has 0 aliphatic heterocycles. The predicted molar refractivity (Wildman–Crippen MR) is 112 cm³/mol. The maximum atomic E-state index is 13.2. The number of nitrogens with zero attached hydrogens (tertiary/aromatic N) is 4. The van der Waals surface area contributed by atoms with Crippen LogP contribution in [0.2, 0.25) is 5.02 Å². The molecule has 0 aliphatic rings. The molecule has 0 atom stereocenters. The molecule has 29 heavy (non-hydrogen) atoms. The molecule has 8 nitrogen and oxygen atoms in total. The largest absolute Gasteiger partial charge is 0.493 e. The van der Waals surface area contributed by atoms with Gasteiger partial charge in [-0.15, -0.1) is 0 Å². The Hall–Kier alpha value is -3.17. The lowest BCUT2D eigenvalue weighted by Gasteiger charge is -2.12. The average molecular weight is 430 g/mol. The van der Waals surface area contributed by atoms with E-state index in [0.717, 1.165) is 5.69 Å². The molecule has 0 radical (unpaired) electrons. The zero-order valence-electron chi connectivity index (χ0n) is 15.5. The fourth-order valence-corrected chi connectivity index (χ4v) is 3.50. The van der Waals surface area contributed by atoms with Crippen molar-refractivity contribution in [1.29, 1.82) is 0 Å². The number of rotatable bonds is 5. The van der Waals surface area contributed by atoms with Crippen LogP contribution in [0.15, 0.2) is 47.4 Å². The van der Waals surface area contributed by atoms with Crippen LogP contribution in [0.4, 0.5) is 0 Å². The second-order valence-electron chi connectivity index (χ2n) is 6.13. The Morgan fingerprint density at radius 3 is 2.59 bits per heavy atom. The van der Waals surface area contributed by atoms with E-state index in [0.29, 0.717) is 37.9 Å². The first kappa shape index (κ1) is 19.2. The monoisotopic (exact) mass is 429 g/mol. The Labute approximate surface area is 175 Å². The van der Waals surface area contributed by atoms with Crippen molar-refractivity contribution >= 4 is 34.6 Å². The van der Waals surface area contributed by atoms with Crippen LogP contribution in [-0.2, 0) is 6.54 Å². The number of halogens is 1. The van der Waals surface area contributed by atoms with Crippen molar-refractivity contribution < 1.29 is 9.47 Å². The number of H-pyrrole nitrogens is 1. The molecular weight excluding hydrogens is 414 g/mol. The van der Waals surface area contributed by atoms with Gasteiger partial charge in [0.1, 0.15) is 6.54 Å². The van der Waals surface area contributed by atoms with Crippen LogP contribution in [0.25, 0.3) is 16.5 Å². The smallest absolute Gasteiger partial charge is 0.278 e. The first-order valence-electron chi connectivity index (χ1n) is 8.56. The first-order valence-corrected chi connectivity index (χ1v) is 9.35. The van der Waals surface area contributed by atoms with Crippen LogP contribution in [0.1, 0.15) is 5.82 Å². The lowest BCUT2D eigenvalue weighted by Crippen LogP contribution is -2.25. The Morgan fingerprint density at radius 1 is 1.14 bits per heavy atom.